The number of halogens is 3. The molecule has 0 spiro atoms. The third kappa shape index (κ3) is 5.03. The van der Waals surface area contributed by atoms with Crippen molar-refractivity contribution in [3.05, 3.63) is 70.0 Å². The molecule has 0 fully saturated rings. The van der Waals surface area contributed by atoms with Gasteiger partial charge in [-0.1, -0.05) is 29.3 Å². The van der Waals surface area contributed by atoms with Gasteiger partial charge in [0.1, 0.15) is 5.69 Å². The van der Waals surface area contributed by atoms with Gasteiger partial charge in [0.15, 0.2) is 18.4 Å². The van der Waals surface area contributed by atoms with E-state index in [0.717, 1.165) is 4.80 Å². The molecule has 0 N–H and O–H groups in total. The van der Waals surface area contributed by atoms with E-state index in [1.165, 1.54) is 23.0 Å². The van der Waals surface area contributed by atoms with Crippen LogP contribution in [0.1, 0.15) is 21.2 Å². The summed E-state index contributed by atoms with van der Waals surface area (Å²) in [5.74, 6) is -0.617. The summed E-state index contributed by atoms with van der Waals surface area (Å²) in [6.07, 6.45) is 0.958. The molecule has 2 heterocycles. The van der Waals surface area contributed by atoms with E-state index in [9.17, 15) is 14.0 Å². The number of hydrogen-bond donors (Lipinski definition) is 0. The number of nitrogens with zero attached hydrogens (tertiary/aromatic N) is 8. The fourth-order valence-electron chi connectivity index (χ4n) is 2.00. The molecule has 0 aliphatic carbocycles. The Kier molecular flexibility index (Phi) is 6.32. The van der Waals surface area contributed by atoms with E-state index >= 15 is 0 Å². The minimum atomic E-state index is -0.547. The lowest BCUT2D eigenvalue weighted by Gasteiger charge is -1.99. The zero-order chi connectivity index (χ0) is 20.8. The summed E-state index contributed by atoms with van der Waals surface area (Å²) in [5, 5.41) is 22.4. The van der Waals surface area contributed by atoms with Crippen LogP contribution in [0.4, 0.5) is 4.39 Å². The van der Waals surface area contributed by atoms with E-state index in [1.54, 1.807) is 24.3 Å². The number of hydrogen-bond acceptors (Lipinski definition) is 8. The molecule has 4 aromatic rings. The molecule has 0 saturated carbocycles. The first kappa shape index (κ1) is 20.2. The van der Waals surface area contributed by atoms with Crippen molar-refractivity contribution in [1.29, 1.82) is 0 Å². The molecule has 2 aromatic heterocycles. The minimum Gasteiger partial charge on any atom is -0.294 e. The van der Waals surface area contributed by atoms with Crippen LogP contribution in [0.25, 0.3) is 11.4 Å². The Morgan fingerprint density at radius 1 is 0.828 bits per heavy atom. The molecule has 0 aliphatic rings. The van der Waals surface area contributed by atoms with Crippen LogP contribution in [-0.4, -0.2) is 53.0 Å². The van der Waals surface area contributed by atoms with Crippen molar-refractivity contribution < 1.29 is 14.0 Å². The van der Waals surface area contributed by atoms with E-state index in [4.69, 9.17) is 23.2 Å². The average Bonchev–Trinajstić information content (AvgIpc) is 3.40. The van der Waals surface area contributed by atoms with Crippen molar-refractivity contribution in [2.24, 2.45) is 0 Å². The van der Waals surface area contributed by atoms with Gasteiger partial charge < -0.3 is 0 Å². The van der Waals surface area contributed by atoms with Crippen molar-refractivity contribution in [1.82, 2.24) is 40.4 Å². The predicted octanol–water partition coefficient (Wildman–Crippen LogP) is 2.40. The lowest BCUT2D eigenvalue weighted by atomic mass is 10.3. The van der Waals surface area contributed by atoms with Crippen molar-refractivity contribution >= 4 is 35.8 Å². The number of carbonyl (C=O) groups is 2. The molecular formula is C16H9Cl2FN8O2. The minimum absolute atomic E-state index is 0.0445. The van der Waals surface area contributed by atoms with Crippen molar-refractivity contribution in [3.8, 4) is 11.4 Å². The normalized spacial score (nSPS) is 10.2. The van der Waals surface area contributed by atoms with Crippen molar-refractivity contribution in [2.75, 3.05) is 0 Å². The maximum atomic E-state index is 13.3. The first-order valence-electron chi connectivity index (χ1n) is 7.72. The Bertz CT molecular complexity index is 1160. The van der Waals surface area contributed by atoms with Gasteiger partial charge in [-0.05, 0) is 46.8 Å². The van der Waals surface area contributed by atoms with Gasteiger partial charge in [0.25, 0.3) is 0 Å². The molecule has 0 amide bonds. The fourth-order valence-corrected chi connectivity index (χ4v) is 2.35. The number of rotatable bonds is 4. The van der Waals surface area contributed by atoms with Crippen molar-refractivity contribution in [2.45, 2.75) is 0 Å². The third-order valence-electron chi connectivity index (χ3n) is 3.23. The molecule has 0 bridgehead atoms. The van der Waals surface area contributed by atoms with E-state index in [1.807, 2.05) is 0 Å². The fraction of sp³-hybridized carbons (Fsp3) is 0. The zero-order valence-corrected chi connectivity index (χ0v) is 15.7. The van der Waals surface area contributed by atoms with Crippen LogP contribution in [0.15, 0.2) is 42.5 Å². The monoisotopic (exact) mass is 434 g/mol. The highest BCUT2D eigenvalue weighted by Crippen LogP contribution is 2.17. The first-order valence-corrected chi connectivity index (χ1v) is 8.47. The van der Waals surface area contributed by atoms with E-state index in [0.29, 0.717) is 28.3 Å². The van der Waals surface area contributed by atoms with Gasteiger partial charge in [-0.2, -0.15) is 0 Å². The second-order valence-electron chi connectivity index (χ2n) is 5.19. The standard InChI is InChI=1S/C8H4ClFN4O.C8H5ClN4O/c9-5-1-2-6(10)7(3-5)14-12-8(4-15)11-13-14;9-6-2-1-3-7(4-6)13-11-8(5-14)10-12-13/h1-4H;1-5H. The van der Waals surface area contributed by atoms with Crippen LogP contribution in [-0.2, 0) is 0 Å². The van der Waals surface area contributed by atoms with E-state index in [2.05, 4.69) is 30.8 Å². The summed E-state index contributed by atoms with van der Waals surface area (Å²) < 4.78 is 13.3. The Morgan fingerprint density at radius 3 is 2.07 bits per heavy atom. The Morgan fingerprint density at radius 2 is 1.45 bits per heavy atom. The van der Waals surface area contributed by atoms with Gasteiger partial charge in [-0.3, -0.25) is 9.59 Å². The molecule has 0 radical (unpaired) electrons. The van der Waals surface area contributed by atoms with Crippen LogP contribution in [0, 0.1) is 5.82 Å². The summed E-state index contributed by atoms with van der Waals surface area (Å²) >= 11 is 11.5. The third-order valence-corrected chi connectivity index (χ3v) is 3.70. The molecule has 0 saturated heterocycles. The number of benzene rings is 2. The molecule has 0 aliphatic heterocycles. The molecule has 13 heteroatoms. The van der Waals surface area contributed by atoms with Crippen LogP contribution >= 0.6 is 23.2 Å². The highest BCUT2D eigenvalue weighted by atomic mass is 35.5. The Labute approximate surface area is 171 Å². The maximum absolute atomic E-state index is 13.3. The Balaban J connectivity index is 0.000000166. The van der Waals surface area contributed by atoms with Crippen LogP contribution < -0.4 is 0 Å². The summed E-state index contributed by atoms with van der Waals surface area (Å²) in [7, 11) is 0. The second kappa shape index (κ2) is 9.08. The molecule has 146 valence electrons. The number of aromatic nitrogens is 8. The average molecular weight is 435 g/mol. The Hall–Kier alpha value is -3.57. The van der Waals surface area contributed by atoms with Crippen LogP contribution in [0.2, 0.25) is 10.0 Å². The second-order valence-corrected chi connectivity index (χ2v) is 6.06. The van der Waals surface area contributed by atoms with E-state index < -0.39 is 5.82 Å². The SMILES string of the molecule is O=Cc1nnn(-c2cc(Cl)ccc2F)n1.O=Cc1nnn(-c2cccc(Cl)c2)n1. The summed E-state index contributed by atoms with van der Waals surface area (Å²) in [6, 6.07) is 10.9. The highest BCUT2D eigenvalue weighted by molar-refractivity contribution is 6.31. The topological polar surface area (TPSA) is 121 Å². The van der Waals surface area contributed by atoms with E-state index in [-0.39, 0.29) is 17.3 Å². The van der Waals surface area contributed by atoms with Gasteiger partial charge in [-0.25, -0.2) is 4.39 Å². The van der Waals surface area contributed by atoms with Gasteiger partial charge in [-0.15, -0.1) is 30.0 Å². The molecule has 4 rings (SSSR count). The lowest BCUT2D eigenvalue weighted by Crippen LogP contribution is -2.02. The van der Waals surface area contributed by atoms with Crippen LogP contribution in [0.3, 0.4) is 0 Å². The van der Waals surface area contributed by atoms with Gasteiger partial charge in [0.2, 0.25) is 11.6 Å². The predicted molar refractivity (Wildman–Crippen MR) is 99.1 cm³/mol. The van der Waals surface area contributed by atoms with Gasteiger partial charge in [0.05, 0.1) is 5.69 Å². The summed E-state index contributed by atoms with van der Waals surface area (Å²) in [4.78, 5) is 22.8. The molecule has 0 unspecified atom stereocenters. The number of carbonyl (C=O) groups excluding carboxylic acids is 2. The van der Waals surface area contributed by atoms with Gasteiger partial charge in [0, 0.05) is 10.0 Å². The maximum Gasteiger partial charge on any atom is 0.237 e. The molecule has 10 nitrogen and oxygen atoms in total. The summed E-state index contributed by atoms with van der Waals surface area (Å²) in [6.45, 7) is 0. The summed E-state index contributed by atoms with van der Waals surface area (Å²) in [5.41, 5.74) is 0.709. The van der Waals surface area contributed by atoms with Gasteiger partial charge >= 0.3 is 0 Å². The first-order chi connectivity index (χ1) is 14.0. The molecule has 2 aromatic carbocycles. The van der Waals surface area contributed by atoms with Crippen molar-refractivity contribution in [3.63, 3.8) is 0 Å². The largest absolute Gasteiger partial charge is 0.294 e. The lowest BCUT2D eigenvalue weighted by molar-refractivity contribution is 0.110. The van der Waals surface area contributed by atoms with Crippen LogP contribution in [0.5, 0.6) is 0 Å². The molecule has 29 heavy (non-hydrogen) atoms. The highest BCUT2D eigenvalue weighted by Gasteiger charge is 2.09. The molecular weight excluding hydrogens is 426 g/mol. The number of tetrazole rings is 2. The number of aldehydes is 2. The molecule has 0 atom stereocenters. The quantitative estimate of drug-likeness (QED) is 0.448. The zero-order valence-electron chi connectivity index (χ0n) is 14.2. The smallest absolute Gasteiger partial charge is 0.237 e.